The van der Waals surface area contributed by atoms with Crippen molar-refractivity contribution in [2.75, 3.05) is 0 Å². The molecule has 2 heteroatoms. The fourth-order valence-electron chi connectivity index (χ4n) is 4.09. The molecular formula is C24H24BrN. The summed E-state index contributed by atoms with van der Waals surface area (Å²) in [5, 5.41) is 2.92. The quantitative estimate of drug-likeness (QED) is 0.539. The van der Waals surface area contributed by atoms with Crippen molar-refractivity contribution >= 4 is 15.9 Å². The Kier molecular flexibility index (Phi) is 5.40. The van der Waals surface area contributed by atoms with E-state index in [9.17, 15) is 0 Å². The van der Waals surface area contributed by atoms with Crippen molar-refractivity contribution < 1.29 is 0 Å². The first-order valence-corrected chi connectivity index (χ1v) is 10.3. The second kappa shape index (κ2) is 8.09. The van der Waals surface area contributed by atoms with Crippen LogP contribution in [0.25, 0.3) is 11.1 Å². The molecule has 3 aliphatic rings. The van der Waals surface area contributed by atoms with Crippen LogP contribution in [0.2, 0.25) is 0 Å². The summed E-state index contributed by atoms with van der Waals surface area (Å²) in [6.45, 7) is 0. The van der Waals surface area contributed by atoms with Gasteiger partial charge in [0.2, 0.25) is 0 Å². The highest BCUT2D eigenvalue weighted by Crippen LogP contribution is 2.39. The zero-order valence-electron chi connectivity index (χ0n) is 14.9. The maximum Gasteiger partial charge on any atom is 0.0189 e. The van der Waals surface area contributed by atoms with Gasteiger partial charge in [0, 0.05) is 17.2 Å². The van der Waals surface area contributed by atoms with E-state index >= 15 is 0 Å². The normalized spacial score (nSPS) is 19.2. The van der Waals surface area contributed by atoms with Gasteiger partial charge in [-0.05, 0) is 77.6 Å². The summed E-state index contributed by atoms with van der Waals surface area (Å²) < 4.78 is 0. The number of allylic oxidation sites excluding steroid dienone is 4. The molecule has 1 aliphatic heterocycles. The van der Waals surface area contributed by atoms with Crippen molar-refractivity contribution in [3.05, 3.63) is 95.4 Å². The van der Waals surface area contributed by atoms with Crippen molar-refractivity contribution in [1.82, 2.24) is 5.32 Å². The van der Waals surface area contributed by atoms with Crippen molar-refractivity contribution in [2.45, 2.75) is 36.9 Å². The van der Waals surface area contributed by atoms with Crippen molar-refractivity contribution in [3.63, 3.8) is 0 Å². The molecule has 132 valence electrons. The molecule has 26 heavy (non-hydrogen) atoms. The number of aryl methyl sites for hydroxylation is 1. The molecule has 2 aliphatic carbocycles. The van der Waals surface area contributed by atoms with E-state index in [0.717, 1.165) is 0 Å². The lowest BCUT2D eigenvalue weighted by molar-refractivity contribution is 0.701. The number of hydrogen-bond acceptors (Lipinski definition) is 1. The molecule has 0 bridgehead atoms. The third-order valence-corrected chi connectivity index (χ3v) is 6.13. The lowest BCUT2D eigenvalue weighted by Crippen LogP contribution is -2.17. The Morgan fingerprint density at radius 2 is 1.54 bits per heavy atom. The van der Waals surface area contributed by atoms with E-state index in [1.807, 2.05) is 36.7 Å². The summed E-state index contributed by atoms with van der Waals surface area (Å²) in [5.74, 6) is 0. The predicted octanol–water partition coefficient (Wildman–Crippen LogP) is 5.88. The smallest absolute Gasteiger partial charge is 0.0189 e. The molecule has 0 saturated heterocycles. The zero-order chi connectivity index (χ0) is 17.8. The van der Waals surface area contributed by atoms with Gasteiger partial charge < -0.3 is 5.32 Å². The van der Waals surface area contributed by atoms with Crippen LogP contribution in [0.4, 0.5) is 0 Å². The number of fused-ring (bicyclic) bond motifs is 5. The van der Waals surface area contributed by atoms with Crippen LogP contribution in [-0.2, 0) is 25.7 Å². The highest BCUT2D eigenvalue weighted by Gasteiger charge is 2.24. The molecule has 0 radical (unpaired) electrons. The van der Waals surface area contributed by atoms with Crippen molar-refractivity contribution in [3.8, 4) is 11.1 Å². The second-order valence-electron chi connectivity index (χ2n) is 7.00. The maximum absolute atomic E-state index is 3.78. The van der Waals surface area contributed by atoms with Gasteiger partial charge in [-0.15, -0.1) is 0 Å². The highest BCUT2D eigenvalue weighted by atomic mass is 79.9. The summed E-state index contributed by atoms with van der Waals surface area (Å²) in [7, 11) is 0. The molecule has 1 atom stereocenters. The molecule has 0 fully saturated rings. The van der Waals surface area contributed by atoms with E-state index in [0.29, 0.717) is 4.83 Å². The van der Waals surface area contributed by atoms with Gasteiger partial charge in [0.25, 0.3) is 0 Å². The molecule has 0 amide bonds. The van der Waals surface area contributed by atoms with Crippen molar-refractivity contribution in [2.24, 2.45) is 0 Å². The van der Waals surface area contributed by atoms with Crippen LogP contribution in [0.3, 0.4) is 0 Å². The number of alkyl halides is 1. The fourth-order valence-corrected chi connectivity index (χ4v) is 4.67. The highest BCUT2D eigenvalue weighted by molar-refractivity contribution is 9.09. The standard InChI is InChI=1S/C18H17Br.C6H7N/c19-14-7-10-16-13(11-14)6-9-17-15-4-2-1-3-12(15)5-8-18(16)17;1-2-4-6-7-5-3-1/h1-4,6,9,14H,5,7-8,10-11H2;1-7H. The average Bonchev–Trinajstić information content (AvgIpc) is 3.01. The van der Waals surface area contributed by atoms with Gasteiger partial charge >= 0.3 is 0 Å². The monoisotopic (exact) mass is 405 g/mol. The van der Waals surface area contributed by atoms with Gasteiger partial charge in [-0.1, -0.05) is 64.5 Å². The minimum Gasteiger partial charge on any atom is -0.368 e. The maximum atomic E-state index is 3.78. The first kappa shape index (κ1) is 17.4. The molecule has 5 rings (SSSR count). The molecular weight excluding hydrogens is 382 g/mol. The van der Waals surface area contributed by atoms with Crippen LogP contribution in [-0.4, -0.2) is 4.83 Å². The van der Waals surface area contributed by atoms with Gasteiger partial charge in [0.05, 0.1) is 0 Å². The SMILES string of the molecule is BrC1CCc2c(ccc3c2CCc2ccccc2-3)C1.C1=CC=CNC=C1. The number of nitrogens with one attached hydrogen (secondary N) is 1. The summed E-state index contributed by atoms with van der Waals surface area (Å²) >= 11 is 3.78. The van der Waals surface area contributed by atoms with E-state index in [2.05, 4.69) is 57.6 Å². The molecule has 0 saturated carbocycles. The third kappa shape index (κ3) is 3.71. The molecule has 1 N–H and O–H groups in total. The Labute approximate surface area is 164 Å². The second-order valence-corrected chi connectivity index (χ2v) is 8.29. The third-order valence-electron chi connectivity index (χ3n) is 5.35. The molecule has 1 heterocycles. The Bertz CT molecular complexity index is 862. The first-order valence-electron chi connectivity index (χ1n) is 9.43. The summed E-state index contributed by atoms with van der Waals surface area (Å²) in [6.07, 6.45) is 17.7. The minimum absolute atomic E-state index is 0.675. The number of benzene rings is 2. The zero-order valence-corrected chi connectivity index (χ0v) is 16.5. The Morgan fingerprint density at radius 1 is 0.731 bits per heavy atom. The average molecular weight is 406 g/mol. The van der Waals surface area contributed by atoms with Crippen LogP contribution in [0.5, 0.6) is 0 Å². The molecule has 1 nitrogen and oxygen atoms in total. The van der Waals surface area contributed by atoms with Gasteiger partial charge in [0.15, 0.2) is 0 Å². The van der Waals surface area contributed by atoms with Gasteiger partial charge in [-0.3, -0.25) is 0 Å². The van der Waals surface area contributed by atoms with Crippen molar-refractivity contribution in [1.29, 1.82) is 0 Å². The molecule has 0 spiro atoms. The van der Waals surface area contributed by atoms with Crippen LogP contribution in [0.15, 0.2) is 73.1 Å². The van der Waals surface area contributed by atoms with E-state index in [-0.39, 0.29) is 0 Å². The van der Waals surface area contributed by atoms with Gasteiger partial charge in [0.1, 0.15) is 0 Å². The van der Waals surface area contributed by atoms with Crippen LogP contribution >= 0.6 is 15.9 Å². The Morgan fingerprint density at radius 3 is 2.38 bits per heavy atom. The van der Waals surface area contributed by atoms with Crippen LogP contribution in [0.1, 0.15) is 28.7 Å². The van der Waals surface area contributed by atoms with E-state index < -0.39 is 0 Å². The largest absolute Gasteiger partial charge is 0.368 e. The number of halogens is 1. The summed E-state index contributed by atoms with van der Waals surface area (Å²) in [4.78, 5) is 0.675. The molecule has 0 aromatic heterocycles. The Balaban J connectivity index is 0.000000204. The number of hydrogen-bond donors (Lipinski definition) is 1. The minimum atomic E-state index is 0.675. The van der Waals surface area contributed by atoms with Gasteiger partial charge in [-0.25, -0.2) is 0 Å². The molecule has 1 unspecified atom stereocenters. The van der Waals surface area contributed by atoms with E-state index in [4.69, 9.17) is 0 Å². The first-order chi connectivity index (χ1) is 12.8. The molecule has 2 aromatic rings. The van der Waals surface area contributed by atoms with E-state index in [1.54, 1.807) is 16.7 Å². The number of rotatable bonds is 0. The van der Waals surface area contributed by atoms with Gasteiger partial charge in [-0.2, -0.15) is 0 Å². The Hall–Kier alpha value is -2.06. The van der Waals surface area contributed by atoms with E-state index in [1.165, 1.54) is 48.8 Å². The van der Waals surface area contributed by atoms with Crippen LogP contribution in [0, 0.1) is 0 Å². The predicted molar refractivity (Wildman–Crippen MR) is 115 cm³/mol. The van der Waals surface area contributed by atoms with Crippen LogP contribution < -0.4 is 5.32 Å². The fraction of sp³-hybridized carbons (Fsp3) is 0.250. The topological polar surface area (TPSA) is 12.0 Å². The lowest BCUT2D eigenvalue weighted by atomic mass is 9.78. The summed E-state index contributed by atoms with van der Waals surface area (Å²) in [5.41, 5.74) is 9.34. The molecule has 2 aromatic carbocycles. The summed E-state index contributed by atoms with van der Waals surface area (Å²) in [6, 6.07) is 13.6. The lowest BCUT2D eigenvalue weighted by Gasteiger charge is -2.28.